The van der Waals surface area contributed by atoms with Crippen LogP contribution in [0, 0.1) is 0 Å². The van der Waals surface area contributed by atoms with Gasteiger partial charge in [-0.2, -0.15) is 0 Å². The van der Waals surface area contributed by atoms with E-state index in [1.807, 2.05) is 0 Å². The first-order chi connectivity index (χ1) is 8.60. The first-order valence-electron chi connectivity index (χ1n) is 5.07. The van der Waals surface area contributed by atoms with Crippen molar-refractivity contribution in [2.45, 2.75) is 6.42 Å². The highest BCUT2D eigenvalue weighted by molar-refractivity contribution is 9.11. The van der Waals surface area contributed by atoms with E-state index in [1.54, 1.807) is 7.05 Å². The van der Waals surface area contributed by atoms with Crippen molar-refractivity contribution in [3.63, 3.8) is 0 Å². The van der Waals surface area contributed by atoms with Crippen LogP contribution in [0.5, 0.6) is 0 Å². The quantitative estimate of drug-likeness (QED) is 0.475. The number of halogens is 2. The van der Waals surface area contributed by atoms with Crippen LogP contribution in [0.15, 0.2) is 32.6 Å². The molecule has 1 rings (SSSR count). The van der Waals surface area contributed by atoms with Gasteiger partial charge in [0.25, 0.3) is 0 Å². The van der Waals surface area contributed by atoms with Crippen LogP contribution in [0.1, 0.15) is 12.1 Å². The Labute approximate surface area is 112 Å². The van der Waals surface area contributed by atoms with Gasteiger partial charge >= 0.3 is 0 Å². The molecule has 0 saturated carbocycles. The van der Waals surface area contributed by atoms with Gasteiger partial charge in [-0.1, -0.05) is 12.7 Å². The zero-order valence-electron chi connectivity index (χ0n) is 9.78. The Morgan fingerprint density at radius 3 is 3.00 bits per heavy atom. The minimum Gasteiger partial charge on any atom is -0.382 e. The Morgan fingerprint density at radius 1 is 1.67 bits per heavy atom. The number of nitrogens with zero attached hydrogens (tertiary/aromatic N) is 3. The van der Waals surface area contributed by atoms with Crippen LogP contribution >= 0.6 is 15.9 Å². The smallest absolute Gasteiger partial charge is 0.201 e. The van der Waals surface area contributed by atoms with Gasteiger partial charge in [-0.3, -0.25) is 4.99 Å². The number of aliphatic imine (C=N–C) groups is 1. The average Bonchev–Trinajstić information content (AvgIpc) is 2.85. The SMILES string of the molecule is C=C/C(Br)=C(/F)CCN=C(N)c1nonc1NC. The molecule has 1 aromatic rings. The third-order valence-electron chi connectivity index (χ3n) is 2.02. The molecule has 6 nitrogen and oxygen atoms in total. The molecule has 1 aromatic heterocycles. The molecule has 0 saturated heterocycles. The van der Waals surface area contributed by atoms with Crippen molar-refractivity contribution < 1.29 is 9.02 Å². The fourth-order valence-corrected chi connectivity index (χ4v) is 1.30. The molecule has 0 atom stereocenters. The van der Waals surface area contributed by atoms with Gasteiger partial charge in [0, 0.05) is 24.5 Å². The molecular formula is C10H13BrFN5O. The minimum atomic E-state index is -0.339. The number of amidine groups is 1. The van der Waals surface area contributed by atoms with Gasteiger partial charge in [0.2, 0.25) is 5.82 Å². The molecule has 0 aliphatic carbocycles. The number of rotatable bonds is 6. The van der Waals surface area contributed by atoms with Gasteiger partial charge in [0.05, 0.1) is 0 Å². The molecular weight excluding hydrogens is 305 g/mol. The summed E-state index contributed by atoms with van der Waals surface area (Å²) in [6.07, 6.45) is 1.50. The molecule has 0 amide bonds. The van der Waals surface area contributed by atoms with Crippen LogP contribution in [-0.2, 0) is 0 Å². The monoisotopic (exact) mass is 317 g/mol. The lowest BCUT2D eigenvalue weighted by Gasteiger charge is -1.99. The number of nitrogens with one attached hydrogen (secondary N) is 1. The van der Waals surface area contributed by atoms with Crippen LogP contribution in [-0.4, -0.2) is 29.7 Å². The molecule has 8 heteroatoms. The maximum Gasteiger partial charge on any atom is 0.201 e. The largest absolute Gasteiger partial charge is 0.382 e. The highest BCUT2D eigenvalue weighted by atomic mass is 79.9. The number of hydrogen-bond donors (Lipinski definition) is 2. The highest BCUT2D eigenvalue weighted by Crippen LogP contribution is 2.17. The summed E-state index contributed by atoms with van der Waals surface area (Å²) in [5.74, 6) is 0.191. The van der Waals surface area contributed by atoms with E-state index < -0.39 is 0 Å². The molecule has 18 heavy (non-hydrogen) atoms. The van der Waals surface area contributed by atoms with Crippen LogP contribution in [0.25, 0.3) is 0 Å². The Morgan fingerprint density at radius 2 is 2.39 bits per heavy atom. The summed E-state index contributed by atoms with van der Waals surface area (Å²) in [7, 11) is 1.65. The number of hydrogen-bond acceptors (Lipinski definition) is 5. The molecule has 3 N–H and O–H groups in total. The summed E-state index contributed by atoms with van der Waals surface area (Å²) >= 11 is 3.03. The molecule has 0 radical (unpaired) electrons. The summed E-state index contributed by atoms with van der Waals surface area (Å²) in [6.45, 7) is 3.64. The molecule has 0 aliphatic heterocycles. The summed E-state index contributed by atoms with van der Waals surface area (Å²) in [5.41, 5.74) is 6.00. The van der Waals surface area contributed by atoms with E-state index >= 15 is 0 Å². The Hall–Kier alpha value is -1.70. The fraction of sp³-hybridized carbons (Fsp3) is 0.300. The molecule has 98 valence electrons. The second-order valence-electron chi connectivity index (χ2n) is 3.19. The second kappa shape index (κ2) is 6.90. The summed E-state index contributed by atoms with van der Waals surface area (Å²) in [6, 6.07) is 0. The van der Waals surface area contributed by atoms with Crippen molar-refractivity contribution in [2.75, 3.05) is 18.9 Å². The van der Waals surface area contributed by atoms with E-state index in [2.05, 4.69) is 47.8 Å². The maximum absolute atomic E-state index is 13.3. The molecule has 1 heterocycles. The number of nitrogens with two attached hydrogens (primary N) is 1. The number of aromatic nitrogens is 2. The van der Waals surface area contributed by atoms with Gasteiger partial charge in [0.15, 0.2) is 11.5 Å². The van der Waals surface area contributed by atoms with E-state index in [0.29, 0.717) is 16.0 Å². The molecule has 0 aliphatic rings. The summed E-state index contributed by atoms with van der Waals surface area (Å²) in [4.78, 5) is 3.99. The first kappa shape index (κ1) is 14.4. The van der Waals surface area contributed by atoms with Crippen molar-refractivity contribution >= 4 is 27.6 Å². The van der Waals surface area contributed by atoms with Crippen molar-refractivity contribution in [1.29, 1.82) is 0 Å². The molecule has 0 aromatic carbocycles. The lowest BCUT2D eigenvalue weighted by molar-refractivity contribution is 0.308. The van der Waals surface area contributed by atoms with Gasteiger partial charge < -0.3 is 11.1 Å². The standard InChI is InChI=1S/C10H13BrFN5O/c1-3-6(11)7(12)4-5-15-9(13)8-10(14-2)17-18-16-8/h3H,1,4-5H2,2H3,(H2,13,15)(H,14,17)/b7-6-. The average molecular weight is 318 g/mol. The molecule has 0 fully saturated rings. The lowest BCUT2D eigenvalue weighted by Crippen LogP contribution is -2.16. The van der Waals surface area contributed by atoms with Gasteiger partial charge in [0.1, 0.15) is 5.83 Å². The molecule has 0 spiro atoms. The first-order valence-corrected chi connectivity index (χ1v) is 5.86. The topological polar surface area (TPSA) is 89.3 Å². The Balaban J connectivity index is 2.66. The van der Waals surface area contributed by atoms with Crippen LogP contribution < -0.4 is 11.1 Å². The van der Waals surface area contributed by atoms with E-state index in [-0.39, 0.29) is 24.6 Å². The van der Waals surface area contributed by atoms with Crippen LogP contribution in [0.4, 0.5) is 10.2 Å². The molecule has 0 bridgehead atoms. The second-order valence-corrected chi connectivity index (χ2v) is 4.04. The van der Waals surface area contributed by atoms with Gasteiger partial charge in [-0.15, -0.1) is 0 Å². The molecule has 0 unspecified atom stereocenters. The zero-order valence-corrected chi connectivity index (χ0v) is 11.4. The number of anilines is 1. The van der Waals surface area contributed by atoms with Crippen LogP contribution in [0.3, 0.4) is 0 Å². The van der Waals surface area contributed by atoms with Gasteiger partial charge in [-0.25, -0.2) is 9.02 Å². The maximum atomic E-state index is 13.3. The Kier molecular flexibility index (Phi) is 5.50. The van der Waals surface area contributed by atoms with Crippen molar-refractivity contribution in [3.05, 3.63) is 28.7 Å². The summed E-state index contributed by atoms with van der Waals surface area (Å²) < 4.78 is 18.2. The summed E-state index contributed by atoms with van der Waals surface area (Å²) in [5, 5.41) is 9.93. The Bertz CT molecular complexity index is 482. The highest BCUT2D eigenvalue weighted by Gasteiger charge is 2.12. The van der Waals surface area contributed by atoms with Crippen molar-refractivity contribution in [3.8, 4) is 0 Å². The predicted molar refractivity (Wildman–Crippen MR) is 71.3 cm³/mol. The third-order valence-corrected chi connectivity index (χ3v) is 2.77. The number of allylic oxidation sites excluding steroid dienone is 2. The lowest BCUT2D eigenvalue weighted by atomic mass is 10.3. The third kappa shape index (κ3) is 3.66. The zero-order chi connectivity index (χ0) is 13.5. The fourth-order valence-electron chi connectivity index (χ4n) is 1.10. The van der Waals surface area contributed by atoms with E-state index in [0.717, 1.165) is 0 Å². The minimum absolute atomic E-state index is 0.119. The van der Waals surface area contributed by atoms with Gasteiger partial charge in [-0.05, 0) is 26.2 Å². The van der Waals surface area contributed by atoms with Crippen LogP contribution in [0.2, 0.25) is 0 Å². The normalized spacial score (nSPS) is 13.2. The van der Waals surface area contributed by atoms with E-state index in [1.165, 1.54) is 6.08 Å². The van der Waals surface area contributed by atoms with Crippen molar-refractivity contribution in [2.24, 2.45) is 10.7 Å². The van der Waals surface area contributed by atoms with E-state index in [4.69, 9.17) is 5.73 Å². The van der Waals surface area contributed by atoms with E-state index in [9.17, 15) is 4.39 Å². The van der Waals surface area contributed by atoms with Crippen molar-refractivity contribution in [1.82, 2.24) is 10.3 Å². The predicted octanol–water partition coefficient (Wildman–Crippen LogP) is 1.97.